The minimum Gasteiger partial charge on any atom is -0.274 e. The predicted molar refractivity (Wildman–Crippen MR) is 343 cm³/mol. The summed E-state index contributed by atoms with van der Waals surface area (Å²) < 4.78 is 3.10. The molecule has 0 radical (unpaired) electrons. The Labute approximate surface area is 480 Å². The Hall–Kier alpha value is -3.62. The summed E-state index contributed by atoms with van der Waals surface area (Å²) in [5.41, 5.74) is 0.0856. The van der Waals surface area contributed by atoms with Crippen LogP contribution in [-0.4, -0.2) is 9.13 Å². The van der Waals surface area contributed by atoms with Crippen molar-refractivity contribution in [2.45, 2.75) is 298 Å². The summed E-state index contributed by atoms with van der Waals surface area (Å²) in [6.07, 6.45) is 49.2. The molecule has 0 amide bonds. The number of unbranched alkanes of at least 4 members (excludes halogenated alkanes) is 32. The first-order chi connectivity index (χ1) is 38.3. The monoisotopic (exact) mass is 1100 g/mol. The molecule has 2 aromatic carbocycles. The van der Waals surface area contributed by atoms with Crippen molar-refractivity contribution in [2.75, 3.05) is 0 Å². The molecule has 8 aromatic rings. The molecule has 2 atom stereocenters. The van der Waals surface area contributed by atoms with Gasteiger partial charge in [0.05, 0.1) is 10.8 Å². The van der Waals surface area contributed by atoms with E-state index in [9.17, 15) is 0 Å². The van der Waals surface area contributed by atoms with Crippen molar-refractivity contribution in [3.8, 4) is 20.9 Å². The Balaban J connectivity index is 1.38. The molecule has 0 aliphatic heterocycles. The van der Waals surface area contributed by atoms with Gasteiger partial charge in [0, 0.05) is 55.5 Å². The van der Waals surface area contributed by atoms with Crippen molar-refractivity contribution in [1.82, 2.24) is 9.13 Å². The maximum atomic E-state index is 15.7. The second kappa shape index (κ2) is 36.7. The van der Waals surface area contributed by atoms with Crippen molar-refractivity contribution in [2.24, 2.45) is 11.8 Å². The summed E-state index contributed by atoms with van der Waals surface area (Å²) in [5.74, 6) is 0.361. The van der Waals surface area contributed by atoms with Crippen LogP contribution in [-0.2, 0) is 13.1 Å². The summed E-state index contributed by atoms with van der Waals surface area (Å²) in [4.78, 5) is 64.6. The fraction of sp³-hybridized carbons (Fsp3) is 0.686. The maximum absolute atomic E-state index is 15.7. The highest BCUT2D eigenvalue weighted by atomic mass is 32.1. The van der Waals surface area contributed by atoms with Gasteiger partial charge in [-0.3, -0.25) is 28.3 Å². The number of aromatic nitrogens is 2. The third-order valence-electron chi connectivity index (χ3n) is 17.6. The van der Waals surface area contributed by atoms with Crippen LogP contribution in [0.4, 0.5) is 0 Å². The van der Waals surface area contributed by atoms with E-state index in [2.05, 4.69) is 27.7 Å². The molecule has 8 heteroatoms. The van der Waals surface area contributed by atoms with Crippen LogP contribution in [0.25, 0.3) is 53.2 Å². The quantitative estimate of drug-likeness (QED) is 0.0357. The lowest BCUT2D eigenvalue weighted by Gasteiger charge is -2.18. The molecule has 6 heterocycles. The molecular formula is C70H106N2O4S2. The molecule has 6 aromatic heterocycles. The van der Waals surface area contributed by atoms with Gasteiger partial charge in [-0.1, -0.05) is 271 Å². The number of nitrogens with zero attached hydrogens (tertiary/aromatic N) is 2. The Bertz CT molecular complexity index is 2580. The van der Waals surface area contributed by atoms with Crippen molar-refractivity contribution < 1.29 is 0 Å². The number of rotatable bonds is 46. The van der Waals surface area contributed by atoms with E-state index in [0.717, 1.165) is 61.1 Å². The van der Waals surface area contributed by atoms with Crippen LogP contribution in [0.3, 0.4) is 0 Å². The summed E-state index contributed by atoms with van der Waals surface area (Å²) in [6.45, 7) is 9.80. The van der Waals surface area contributed by atoms with Crippen LogP contribution < -0.4 is 22.2 Å². The summed E-state index contributed by atoms with van der Waals surface area (Å²) in [5, 5.41) is 6.60. The second-order valence-electron chi connectivity index (χ2n) is 24.0. The zero-order valence-corrected chi connectivity index (χ0v) is 51.4. The van der Waals surface area contributed by atoms with E-state index in [1.54, 1.807) is 31.8 Å². The minimum absolute atomic E-state index is 0.180. The molecule has 0 saturated carbocycles. The van der Waals surface area contributed by atoms with E-state index in [1.807, 2.05) is 47.2 Å². The van der Waals surface area contributed by atoms with E-state index >= 15 is 19.2 Å². The zero-order valence-electron chi connectivity index (χ0n) is 49.8. The van der Waals surface area contributed by atoms with Crippen molar-refractivity contribution >= 4 is 55.0 Å². The van der Waals surface area contributed by atoms with Gasteiger partial charge >= 0.3 is 0 Å². The van der Waals surface area contributed by atoms with Gasteiger partial charge in [-0.15, -0.1) is 22.7 Å². The van der Waals surface area contributed by atoms with Gasteiger partial charge in [0.25, 0.3) is 22.2 Å². The first-order valence-corrected chi connectivity index (χ1v) is 34.6. The number of benzene rings is 2. The molecule has 8 rings (SSSR count). The van der Waals surface area contributed by atoms with Gasteiger partial charge < -0.3 is 0 Å². The second-order valence-corrected chi connectivity index (χ2v) is 25.9. The molecule has 0 N–H and O–H groups in total. The lowest BCUT2D eigenvalue weighted by Crippen LogP contribution is -2.33. The Morgan fingerprint density at radius 1 is 0.333 bits per heavy atom. The topological polar surface area (TPSA) is 78.1 Å². The number of hydrogen-bond acceptors (Lipinski definition) is 6. The maximum Gasteiger partial charge on any atom is 0.262 e. The first-order valence-electron chi connectivity index (χ1n) is 32.8. The van der Waals surface area contributed by atoms with Gasteiger partial charge in [0.1, 0.15) is 0 Å². The van der Waals surface area contributed by atoms with Gasteiger partial charge in [-0.2, -0.15) is 0 Å². The highest BCUT2D eigenvalue weighted by Gasteiger charge is 2.29. The SMILES string of the molecule is CCCCCCCCCCCCC(CCCCCCCCCC)Cn1c(=O)c2cc(-c3cccs3)c(c1=O)c1c3cc(-c4cccs4)c(c(=O)n(CC(CCCCCCCCCC)CCCCCCCCCCCC)c3=O)c21. The average molecular weight is 1100 g/mol. The van der Waals surface area contributed by atoms with Crippen LogP contribution in [0.5, 0.6) is 0 Å². The first kappa shape index (κ1) is 63.6. The molecule has 0 saturated heterocycles. The Morgan fingerprint density at radius 3 is 0.833 bits per heavy atom. The van der Waals surface area contributed by atoms with E-state index in [0.29, 0.717) is 56.5 Å². The molecule has 0 fully saturated rings. The number of thiophene rings is 2. The normalized spacial score (nSPS) is 12.8. The highest BCUT2D eigenvalue weighted by molar-refractivity contribution is 7.14. The molecule has 78 heavy (non-hydrogen) atoms. The van der Waals surface area contributed by atoms with Crippen LogP contribution >= 0.6 is 22.7 Å². The van der Waals surface area contributed by atoms with E-state index in [-0.39, 0.29) is 34.1 Å². The molecule has 432 valence electrons. The van der Waals surface area contributed by atoms with Crippen molar-refractivity contribution in [1.29, 1.82) is 0 Å². The molecule has 0 aliphatic rings. The van der Waals surface area contributed by atoms with Gasteiger partial charge in [-0.05, 0) is 72.5 Å². The zero-order chi connectivity index (χ0) is 55.2. The fourth-order valence-electron chi connectivity index (χ4n) is 12.9. The lowest BCUT2D eigenvalue weighted by atomic mass is 9.92. The van der Waals surface area contributed by atoms with Crippen LogP contribution in [0.1, 0.15) is 285 Å². The average Bonchev–Trinajstić information content (AvgIpc) is 4.35. The van der Waals surface area contributed by atoms with E-state index in [1.165, 1.54) is 205 Å². The standard InChI is InChI=1S/C70H106N2O4S2/c1-5-9-13-17-21-25-27-31-35-39-45-55(43-37-33-29-23-19-15-11-7-3)53-71-67(73)59-51-57(61-47-41-49-77-61)65(69(71)75)64-60-52-58(62-48-42-50-78-62)66(63(59)64)70(76)72(68(60)74)54-56(44-38-34-30-24-20-16-12-8-4)46-40-36-32-28-26-22-18-14-10-6-2/h41-42,47-52,55-56H,5-40,43-46,53-54H2,1-4H3. The van der Waals surface area contributed by atoms with Crippen molar-refractivity contribution in [3.05, 3.63) is 88.6 Å². The summed E-state index contributed by atoms with van der Waals surface area (Å²) in [7, 11) is 0. The number of hydrogen-bond donors (Lipinski definition) is 0. The minimum atomic E-state index is -0.329. The fourth-order valence-corrected chi connectivity index (χ4v) is 14.4. The van der Waals surface area contributed by atoms with Crippen LogP contribution in [0.2, 0.25) is 0 Å². The Kier molecular flexibility index (Phi) is 29.9. The third-order valence-corrected chi connectivity index (χ3v) is 19.4. The molecule has 2 unspecified atom stereocenters. The van der Waals surface area contributed by atoms with Crippen LogP contribution in [0, 0.1) is 11.8 Å². The Morgan fingerprint density at radius 2 is 0.590 bits per heavy atom. The molecule has 6 nitrogen and oxygen atoms in total. The molecule has 4 bridgehead atoms. The van der Waals surface area contributed by atoms with Gasteiger partial charge in [-0.25, -0.2) is 0 Å². The largest absolute Gasteiger partial charge is 0.274 e. The lowest BCUT2D eigenvalue weighted by molar-refractivity contribution is 0.350. The van der Waals surface area contributed by atoms with Crippen molar-refractivity contribution in [3.63, 3.8) is 0 Å². The van der Waals surface area contributed by atoms with E-state index < -0.39 is 0 Å². The highest BCUT2D eigenvalue weighted by Crippen LogP contribution is 2.42. The molecule has 0 aliphatic carbocycles. The van der Waals surface area contributed by atoms with Crippen LogP contribution in [0.15, 0.2) is 66.3 Å². The third kappa shape index (κ3) is 19.3. The van der Waals surface area contributed by atoms with Gasteiger partial charge in [0.15, 0.2) is 0 Å². The van der Waals surface area contributed by atoms with Gasteiger partial charge in [0.2, 0.25) is 0 Å². The molecular weight excluding hydrogens is 997 g/mol. The summed E-state index contributed by atoms with van der Waals surface area (Å²) in [6, 6.07) is 11.8. The number of fused-ring (bicyclic) bond motifs is 6. The molecule has 0 spiro atoms. The predicted octanol–water partition coefficient (Wildman–Crippen LogP) is 21.4. The summed E-state index contributed by atoms with van der Waals surface area (Å²) >= 11 is 3.10. The smallest absolute Gasteiger partial charge is 0.262 e. The van der Waals surface area contributed by atoms with E-state index in [4.69, 9.17) is 0 Å².